The molecule has 2 aliphatic heterocycles. The van der Waals surface area contributed by atoms with Gasteiger partial charge < -0.3 is 35.0 Å². The lowest BCUT2D eigenvalue weighted by molar-refractivity contribution is -0.116. The number of carbonyl (C=O) groups excluding carboxylic acids is 3. The molecule has 3 atom stereocenters. The first kappa shape index (κ1) is 29.7. The number of amides is 4. The maximum atomic E-state index is 13.6. The van der Waals surface area contributed by atoms with E-state index in [0.29, 0.717) is 56.3 Å². The first-order valence-corrected chi connectivity index (χ1v) is 13.4. The van der Waals surface area contributed by atoms with Gasteiger partial charge in [0.25, 0.3) is 5.91 Å². The van der Waals surface area contributed by atoms with Gasteiger partial charge in [-0.05, 0) is 39.0 Å². The lowest BCUT2D eigenvalue weighted by Gasteiger charge is -2.38. The number of morpholine rings is 1. The van der Waals surface area contributed by atoms with Gasteiger partial charge in [-0.15, -0.1) is 0 Å². The number of likely N-dealkylation sites (N-methyl/N-ethyl adjacent to an activating group) is 1. The summed E-state index contributed by atoms with van der Waals surface area (Å²) in [5.74, 6) is -0.150. The van der Waals surface area contributed by atoms with Crippen LogP contribution in [-0.4, -0.2) is 115 Å². The SMILES string of the molecule is CC(C)NC(=O)N(C)C[C@H]1Oc2ccc(NC(=O)CCN3CCOCC3)cc2C(=O)N([C@H](C)CO)C[C@H]1C. The number of aliphatic hydroxyl groups is 1. The molecule has 1 aromatic rings. The van der Waals surface area contributed by atoms with Crippen molar-refractivity contribution in [2.45, 2.75) is 52.3 Å². The highest BCUT2D eigenvalue weighted by molar-refractivity contribution is 6.00. The van der Waals surface area contributed by atoms with E-state index in [9.17, 15) is 19.5 Å². The Bertz CT molecular complexity index is 967. The van der Waals surface area contributed by atoms with Gasteiger partial charge in [-0.3, -0.25) is 14.5 Å². The summed E-state index contributed by atoms with van der Waals surface area (Å²) >= 11 is 0. The molecular formula is C27H43N5O6. The number of rotatable bonds is 9. The number of ether oxygens (including phenoxy) is 2. The van der Waals surface area contributed by atoms with E-state index in [4.69, 9.17) is 9.47 Å². The number of fused-ring (bicyclic) bond motifs is 1. The lowest BCUT2D eigenvalue weighted by Crippen LogP contribution is -2.51. The fraction of sp³-hybridized carbons (Fsp3) is 0.667. The van der Waals surface area contributed by atoms with Crippen molar-refractivity contribution < 1.29 is 29.0 Å². The van der Waals surface area contributed by atoms with Crippen molar-refractivity contribution in [2.24, 2.45) is 5.92 Å². The molecule has 0 saturated carbocycles. The molecule has 38 heavy (non-hydrogen) atoms. The van der Waals surface area contributed by atoms with Gasteiger partial charge >= 0.3 is 6.03 Å². The number of urea groups is 1. The van der Waals surface area contributed by atoms with Gasteiger partial charge in [-0.2, -0.15) is 0 Å². The molecule has 0 aliphatic carbocycles. The summed E-state index contributed by atoms with van der Waals surface area (Å²) in [6.45, 7) is 11.6. The fourth-order valence-electron chi connectivity index (χ4n) is 4.54. The fourth-order valence-corrected chi connectivity index (χ4v) is 4.54. The van der Waals surface area contributed by atoms with Crippen molar-refractivity contribution in [2.75, 3.05) is 64.9 Å². The largest absolute Gasteiger partial charge is 0.487 e. The number of anilines is 1. The van der Waals surface area contributed by atoms with Crippen LogP contribution in [0.1, 0.15) is 44.5 Å². The van der Waals surface area contributed by atoms with Crippen LogP contribution in [0.4, 0.5) is 10.5 Å². The average Bonchev–Trinajstić information content (AvgIpc) is 2.89. The van der Waals surface area contributed by atoms with Crippen molar-refractivity contribution >= 4 is 23.5 Å². The van der Waals surface area contributed by atoms with Gasteiger partial charge in [0.05, 0.1) is 38.0 Å². The second-order valence-corrected chi connectivity index (χ2v) is 10.6. The van der Waals surface area contributed by atoms with Crippen LogP contribution in [0.5, 0.6) is 5.75 Å². The Hall–Kier alpha value is -2.89. The highest BCUT2D eigenvalue weighted by atomic mass is 16.5. The van der Waals surface area contributed by atoms with Crippen molar-refractivity contribution in [3.8, 4) is 5.75 Å². The van der Waals surface area contributed by atoms with Crippen molar-refractivity contribution in [1.29, 1.82) is 0 Å². The number of hydrogen-bond acceptors (Lipinski definition) is 7. The van der Waals surface area contributed by atoms with Crippen molar-refractivity contribution in [1.82, 2.24) is 20.0 Å². The quantitative estimate of drug-likeness (QED) is 0.441. The van der Waals surface area contributed by atoms with Gasteiger partial charge in [0.15, 0.2) is 0 Å². The Morgan fingerprint density at radius 1 is 1.21 bits per heavy atom. The molecule has 0 radical (unpaired) electrons. The molecule has 0 bridgehead atoms. The molecule has 212 valence electrons. The zero-order valence-electron chi connectivity index (χ0n) is 23.2. The number of carbonyl (C=O) groups is 3. The van der Waals surface area contributed by atoms with E-state index >= 15 is 0 Å². The van der Waals surface area contributed by atoms with Crippen LogP contribution < -0.4 is 15.4 Å². The van der Waals surface area contributed by atoms with Crippen LogP contribution in [0, 0.1) is 5.92 Å². The Morgan fingerprint density at radius 2 is 1.92 bits per heavy atom. The van der Waals surface area contributed by atoms with Crippen LogP contribution in [0.3, 0.4) is 0 Å². The van der Waals surface area contributed by atoms with Gasteiger partial charge in [0.2, 0.25) is 5.91 Å². The minimum absolute atomic E-state index is 0.00219. The van der Waals surface area contributed by atoms with E-state index in [1.165, 1.54) is 0 Å². The third-order valence-corrected chi connectivity index (χ3v) is 6.92. The number of benzene rings is 1. The minimum Gasteiger partial charge on any atom is -0.487 e. The topological polar surface area (TPSA) is 124 Å². The van der Waals surface area contributed by atoms with Crippen molar-refractivity contribution in [3.05, 3.63) is 23.8 Å². The summed E-state index contributed by atoms with van der Waals surface area (Å²) < 4.78 is 11.7. The molecule has 4 amide bonds. The van der Waals surface area contributed by atoms with E-state index in [-0.39, 0.29) is 36.4 Å². The van der Waals surface area contributed by atoms with Crippen molar-refractivity contribution in [3.63, 3.8) is 0 Å². The average molecular weight is 534 g/mol. The molecule has 2 aliphatic rings. The molecule has 1 fully saturated rings. The Balaban J connectivity index is 1.79. The van der Waals surface area contributed by atoms with Crippen LogP contribution >= 0.6 is 0 Å². The molecule has 0 aromatic heterocycles. The molecule has 1 saturated heterocycles. The van der Waals surface area contributed by atoms with Crippen LogP contribution in [0.2, 0.25) is 0 Å². The van der Waals surface area contributed by atoms with Gasteiger partial charge in [-0.1, -0.05) is 6.92 Å². The number of hydrogen-bond donors (Lipinski definition) is 3. The van der Waals surface area contributed by atoms with Gasteiger partial charge in [-0.25, -0.2) is 4.79 Å². The lowest BCUT2D eigenvalue weighted by atomic mass is 9.99. The monoisotopic (exact) mass is 533 g/mol. The maximum Gasteiger partial charge on any atom is 0.317 e. The molecule has 11 heteroatoms. The van der Waals surface area contributed by atoms with Gasteiger partial charge in [0.1, 0.15) is 11.9 Å². The highest BCUT2D eigenvalue weighted by Crippen LogP contribution is 2.30. The Labute approximate surface area is 225 Å². The molecule has 0 spiro atoms. The van der Waals surface area contributed by atoms with E-state index in [2.05, 4.69) is 15.5 Å². The molecule has 3 rings (SSSR count). The number of nitrogens with zero attached hydrogens (tertiary/aromatic N) is 3. The van der Waals surface area contributed by atoms with E-state index in [0.717, 1.165) is 13.1 Å². The molecule has 0 unspecified atom stereocenters. The highest BCUT2D eigenvalue weighted by Gasteiger charge is 2.34. The summed E-state index contributed by atoms with van der Waals surface area (Å²) in [5, 5.41) is 15.6. The predicted molar refractivity (Wildman–Crippen MR) is 144 cm³/mol. The zero-order chi connectivity index (χ0) is 27.8. The second-order valence-electron chi connectivity index (χ2n) is 10.6. The second kappa shape index (κ2) is 13.8. The first-order chi connectivity index (χ1) is 18.1. The Kier molecular flexibility index (Phi) is 10.7. The first-order valence-electron chi connectivity index (χ1n) is 13.4. The zero-order valence-corrected chi connectivity index (χ0v) is 23.2. The summed E-state index contributed by atoms with van der Waals surface area (Å²) in [6, 6.07) is 4.42. The summed E-state index contributed by atoms with van der Waals surface area (Å²) in [5.41, 5.74) is 0.811. The van der Waals surface area contributed by atoms with Crippen LogP contribution in [0.15, 0.2) is 18.2 Å². The summed E-state index contributed by atoms with van der Waals surface area (Å²) in [6.07, 6.45) is -0.0633. The molecule has 2 heterocycles. The van der Waals surface area contributed by atoms with E-state index < -0.39 is 12.1 Å². The van der Waals surface area contributed by atoms with Gasteiger partial charge in [0, 0.05) is 57.3 Å². The number of aliphatic hydroxyl groups excluding tert-OH is 1. The van der Waals surface area contributed by atoms with Crippen LogP contribution in [0.25, 0.3) is 0 Å². The molecule has 11 nitrogen and oxygen atoms in total. The standard InChI is InChI=1S/C27H43N5O6/c1-18(2)28-27(36)30(5)16-24-19(3)15-32(20(4)17-33)26(35)22-14-21(6-7-23(22)38-24)29-25(34)8-9-31-10-12-37-13-11-31/h6-7,14,18-20,24,33H,8-13,15-17H2,1-5H3,(H,28,36)(H,29,34)/t19-,20-,24-/m1/s1. The van der Waals surface area contributed by atoms with Crippen LogP contribution in [-0.2, 0) is 9.53 Å². The summed E-state index contributed by atoms with van der Waals surface area (Å²) in [7, 11) is 1.71. The minimum atomic E-state index is -0.412. The van der Waals surface area contributed by atoms with E-state index in [1.54, 1.807) is 42.0 Å². The normalized spacial score (nSPS) is 21.1. The third kappa shape index (κ3) is 8.05. The molecular weight excluding hydrogens is 490 g/mol. The maximum absolute atomic E-state index is 13.6. The smallest absolute Gasteiger partial charge is 0.317 e. The molecule has 3 N–H and O–H groups in total. The van der Waals surface area contributed by atoms with E-state index in [1.807, 2.05) is 20.8 Å². The number of nitrogens with one attached hydrogen (secondary N) is 2. The summed E-state index contributed by atoms with van der Waals surface area (Å²) in [4.78, 5) is 44.1. The third-order valence-electron chi connectivity index (χ3n) is 6.92. The predicted octanol–water partition coefficient (Wildman–Crippen LogP) is 1.62. The molecule has 1 aromatic carbocycles. The Morgan fingerprint density at radius 3 is 2.58 bits per heavy atom.